The van der Waals surface area contributed by atoms with Gasteiger partial charge in [-0.1, -0.05) is 277 Å². The van der Waals surface area contributed by atoms with E-state index in [1.54, 1.807) is 0 Å². The summed E-state index contributed by atoms with van der Waals surface area (Å²) in [6.07, 6.45) is 20.0. The van der Waals surface area contributed by atoms with E-state index < -0.39 is 14.3 Å². The van der Waals surface area contributed by atoms with Crippen LogP contribution in [0.25, 0.3) is 0 Å². The molecule has 24 heteroatoms. The fraction of sp³-hybridized carbons (Fsp3) is 0.552. The van der Waals surface area contributed by atoms with Crippen molar-refractivity contribution >= 4 is 49.0 Å². The van der Waals surface area contributed by atoms with Crippen LogP contribution in [-0.2, 0) is 28.3 Å². The van der Waals surface area contributed by atoms with E-state index in [9.17, 15) is 23.1 Å². The Bertz CT molecular complexity index is 3380. The van der Waals surface area contributed by atoms with E-state index in [1.165, 1.54) is 247 Å². The summed E-state index contributed by atoms with van der Waals surface area (Å²) >= 11 is 4.71. The second-order valence-electron chi connectivity index (χ2n) is 31.1. The van der Waals surface area contributed by atoms with Gasteiger partial charge >= 0.3 is 103 Å². The quantitative estimate of drug-likeness (QED) is 0.0154. The molecule has 0 bridgehead atoms. The first-order chi connectivity index (χ1) is 56.8. The molecule has 19 nitrogen and oxygen atoms in total. The Balaban J connectivity index is 0.000000693. The van der Waals surface area contributed by atoms with Gasteiger partial charge in [-0.3, -0.25) is 43.8 Å². The molecule has 1 amide bonds. The van der Waals surface area contributed by atoms with Crippen LogP contribution in [0.4, 0.5) is 0 Å². The Hall–Kier alpha value is -3.27. The molecule has 0 saturated carbocycles. The molecule has 9 aliphatic rings. The van der Waals surface area contributed by atoms with Crippen molar-refractivity contribution in [2.24, 2.45) is 5.92 Å². The SMILES string of the molecule is C.C1CCN(C2CNC2)CC1.C1CCNCC1.C=CC(=O)Cl.C=CC(=O)N1CC(N2CCCCC2)C1.CC1CN(C(c2ccccc2)c2ccccc2)C1.CCN(CC)CC.CCN(CC)CC.CS(=O)(=O)Cl.O=CO[O-].OC1CN(C(c2ccccc2)c2ccccc2)C1.[H-].[K+].[K+].c1ccc(C(c2ccccc2)N2CC(N3CCCCC3)C2)cc1. The number of hydrogen-bond acceptors (Lipinski definition) is 18. The van der Waals surface area contributed by atoms with Crippen LogP contribution >= 0.6 is 22.3 Å². The van der Waals surface area contributed by atoms with E-state index in [0.717, 1.165) is 56.5 Å². The van der Waals surface area contributed by atoms with E-state index in [-0.39, 0.29) is 136 Å². The summed E-state index contributed by atoms with van der Waals surface area (Å²) in [7, 11) is 1.31. The summed E-state index contributed by atoms with van der Waals surface area (Å²) in [5, 5.41) is 24.0. The monoisotopic (exact) mass is 1760 g/mol. The average Bonchev–Trinajstić information content (AvgIpc) is 0.874. The van der Waals surface area contributed by atoms with Gasteiger partial charge in [-0.25, -0.2) is 8.42 Å². The smallest absolute Gasteiger partial charge is 1.00 e. The number of nitrogens with zero attached hydrogens (tertiary/aromatic N) is 9. The third-order valence-corrected chi connectivity index (χ3v) is 22.7. The molecule has 0 aliphatic carbocycles. The number of carbonyl (C=O) groups excluding carboxylic acids is 3. The third-order valence-electron chi connectivity index (χ3n) is 22.6. The van der Waals surface area contributed by atoms with Crippen LogP contribution in [0.2, 0.25) is 0 Å². The first-order valence-corrected chi connectivity index (χ1v) is 46.5. The van der Waals surface area contributed by atoms with Crippen LogP contribution < -0.4 is 119 Å². The molecule has 9 aliphatic heterocycles. The van der Waals surface area contributed by atoms with Crippen molar-refractivity contribution in [3.8, 4) is 0 Å². The number of nitrogens with one attached hydrogen (secondary N) is 2. The molecular formula is C96H149Cl2K2N11O8S. The van der Waals surface area contributed by atoms with Crippen molar-refractivity contribution in [2.75, 3.05) is 163 Å². The van der Waals surface area contributed by atoms with E-state index in [0.29, 0.717) is 18.1 Å². The van der Waals surface area contributed by atoms with Gasteiger partial charge in [0.1, 0.15) is 0 Å². The number of halogens is 2. The van der Waals surface area contributed by atoms with Gasteiger partial charge in [0.05, 0.1) is 30.5 Å². The Kier molecular flexibility index (Phi) is 63.9. The minimum absolute atomic E-state index is 0. The van der Waals surface area contributed by atoms with Gasteiger partial charge in [-0.15, -0.1) is 0 Å². The molecule has 3 N–H and O–H groups in total. The van der Waals surface area contributed by atoms with Crippen molar-refractivity contribution in [3.63, 3.8) is 0 Å². The number of aliphatic hydroxyl groups is 1. The molecule has 658 valence electrons. The first kappa shape index (κ1) is 113. The normalized spacial score (nSPS) is 17.7. The van der Waals surface area contributed by atoms with Gasteiger partial charge in [-0.2, -0.15) is 0 Å². The van der Waals surface area contributed by atoms with Gasteiger partial charge in [0.25, 0.3) is 6.47 Å². The fourth-order valence-corrected chi connectivity index (χ4v) is 15.8. The zero-order valence-electron chi connectivity index (χ0n) is 75.0. The summed E-state index contributed by atoms with van der Waals surface area (Å²) in [6.45, 7) is 49.8. The van der Waals surface area contributed by atoms with Crippen molar-refractivity contribution in [1.29, 1.82) is 0 Å². The van der Waals surface area contributed by atoms with Gasteiger partial charge in [-0.05, 0) is 206 Å². The number of β-amino-alcohol motifs (C(OH)–C–C–N with tert-alkyl or cyclic N) is 1. The molecular weight excluding hydrogens is 1620 g/mol. The second kappa shape index (κ2) is 68.0. The van der Waals surface area contributed by atoms with E-state index in [4.69, 9.17) is 21.7 Å². The van der Waals surface area contributed by atoms with Crippen molar-refractivity contribution in [2.45, 2.75) is 175 Å². The predicted octanol–water partition coefficient (Wildman–Crippen LogP) is 9.21. The van der Waals surface area contributed by atoms with Crippen LogP contribution in [0.5, 0.6) is 0 Å². The molecule has 6 aromatic rings. The molecule has 6 aromatic carbocycles. The summed E-state index contributed by atoms with van der Waals surface area (Å²) in [5.74, 6) is 0.915. The van der Waals surface area contributed by atoms with E-state index in [2.05, 4.69) is 297 Å². The first-order valence-electron chi connectivity index (χ1n) is 43.4. The Morgan fingerprint density at radius 2 is 0.725 bits per heavy atom. The maximum atomic E-state index is 11.2. The minimum atomic E-state index is -3.19. The van der Waals surface area contributed by atoms with Crippen LogP contribution in [-0.4, -0.2) is 263 Å². The van der Waals surface area contributed by atoms with Crippen LogP contribution in [0, 0.1) is 5.92 Å². The topological polar surface area (TPSA) is 191 Å². The summed E-state index contributed by atoms with van der Waals surface area (Å²) < 4.78 is 18.8. The van der Waals surface area contributed by atoms with Gasteiger partial charge in [0, 0.05) is 94.3 Å². The molecule has 9 saturated heterocycles. The average molecular weight is 1770 g/mol. The molecule has 0 atom stereocenters. The summed E-state index contributed by atoms with van der Waals surface area (Å²) in [5.41, 5.74) is 8.20. The van der Waals surface area contributed by atoms with Crippen molar-refractivity contribution in [3.05, 3.63) is 241 Å². The molecule has 9 heterocycles. The Morgan fingerprint density at radius 1 is 0.475 bits per heavy atom. The van der Waals surface area contributed by atoms with Crippen LogP contribution in [0.15, 0.2) is 207 Å². The molecule has 0 spiro atoms. The van der Waals surface area contributed by atoms with Crippen LogP contribution in [0.3, 0.4) is 0 Å². The number of likely N-dealkylation sites (tertiary alicyclic amines) is 7. The maximum absolute atomic E-state index is 11.2. The fourth-order valence-electron chi connectivity index (χ4n) is 15.8. The number of piperidine rings is 4. The number of hydrogen-bond donors (Lipinski definition) is 3. The van der Waals surface area contributed by atoms with Crippen molar-refractivity contribution < 1.29 is 142 Å². The van der Waals surface area contributed by atoms with E-state index in [1.807, 2.05) is 17.0 Å². The number of carbonyl (C=O) groups is 3. The Labute approximate surface area is 821 Å². The Morgan fingerprint density at radius 3 is 0.917 bits per heavy atom. The molecule has 120 heavy (non-hydrogen) atoms. The van der Waals surface area contributed by atoms with Gasteiger partial charge < -0.3 is 42.0 Å². The van der Waals surface area contributed by atoms with Gasteiger partial charge in [0.15, 0.2) is 0 Å². The van der Waals surface area contributed by atoms with Crippen molar-refractivity contribution in [1.82, 2.24) is 54.7 Å². The van der Waals surface area contributed by atoms with E-state index >= 15 is 0 Å². The van der Waals surface area contributed by atoms with Gasteiger partial charge in [0.2, 0.25) is 20.2 Å². The molecule has 9 fully saturated rings. The predicted molar refractivity (Wildman–Crippen MR) is 492 cm³/mol. The number of benzene rings is 6. The molecule has 15 rings (SSSR count). The third kappa shape index (κ3) is 44.9. The largest absolute Gasteiger partial charge is 1.00 e. The zero-order valence-corrected chi connectivity index (χ0v) is 82.6. The summed E-state index contributed by atoms with van der Waals surface area (Å²) in [6, 6.07) is 67.9. The summed E-state index contributed by atoms with van der Waals surface area (Å²) in [4.78, 5) is 53.9. The minimum Gasteiger partial charge on any atom is -1.00 e. The molecule has 0 aromatic heterocycles. The number of allylic oxidation sites excluding steroid dienone is 1. The number of aliphatic hydroxyl groups excluding tert-OH is 1. The number of rotatable bonds is 21. The van der Waals surface area contributed by atoms with Crippen LogP contribution in [0.1, 0.15) is 186 Å². The zero-order chi connectivity index (χ0) is 84.8. The number of amides is 1. The standard InChI is InChI=1S/C21H26N2.C17H19N.C16H17NO.C11H18N2O.C8H16N2.2C6H15N.C5H11N.C3H3ClO.CH3ClO2S.CH2O3.CH4.2K.H/c1-4-10-18(11-5-1)21(19-12-6-2-7-13-19)23-16-20(17-23)22-14-8-3-9-15-22;1-14-12-18(13-14)17(15-8-4-2-5-9-15)16-10-6-3-7-11-16;18-15-11-17(12-15)16(13-7-3-1-4-8-13)14-9-5-2-6-10-14;1-2-11(14)13-8-10(9-13)12-6-4-3-5-7-12;1-2-4-10(5-3-1)8-6-9-7-8;2*1-4-7(5-2)6-3;1-2-4-6-5-3-1;1-2-3(4)5;1-5(2,3)4;2-1-4-3;;;;/h1-2,4-7,10-13,20-21H,3,8-9,14-17H2;2-11,14,17H,12-13H2,1H3;1-10,15-16,18H,11-12H2;2,10H,1,3-9H2;8-9H,1-7H2;2*4-6H2,1-3H3;6H,1-5H2;2H,1H2;1H3;1,3H;1H4;;;/q;;;;;;;;;;;;2*+1;-1/p-1. The maximum Gasteiger partial charge on any atom is 1.00 e. The molecule has 0 radical (unpaired) electrons. The molecule has 0 unspecified atom stereocenters. The second-order valence-corrected chi connectivity index (χ2v) is 34.5.